The van der Waals surface area contributed by atoms with Gasteiger partial charge in [0, 0.05) is 50.7 Å². The van der Waals surface area contributed by atoms with Crippen molar-refractivity contribution in [1.29, 1.82) is 0 Å². The Hall–Kier alpha value is -3.74. The predicted molar refractivity (Wildman–Crippen MR) is 142 cm³/mol. The van der Waals surface area contributed by atoms with Crippen molar-refractivity contribution in [3.05, 3.63) is 99.9 Å². The van der Waals surface area contributed by atoms with Gasteiger partial charge in [0.15, 0.2) is 0 Å². The Morgan fingerprint density at radius 2 is 0.971 bits per heavy atom. The number of rotatable bonds is 0. The molecule has 4 aromatic heterocycles. The first kappa shape index (κ1) is 24.4. The number of nitrogens with one attached hydrogen (secondary N) is 2. The van der Waals surface area contributed by atoms with Crippen LogP contribution in [0.3, 0.4) is 0 Å². The number of aromatic nitrogens is 5. The average molecular weight is 505 g/mol. The maximum atomic E-state index is 4.62. The van der Waals surface area contributed by atoms with Gasteiger partial charge in [-0.1, -0.05) is 0 Å². The second-order valence-corrected chi connectivity index (χ2v) is 8.68. The predicted octanol–water partition coefficient (Wildman–Crippen LogP) is 6.97. The van der Waals surface area contributed by atoms with E-state index in [4.69, 9.17) is 0 Å². The van der Waals surface area contributed by atoms with E-state index in [1.165, 1.54) is 16.7 Å². The van der Waals surface area contributed by atoms with E-state index in [-0.39, 0.29) is 16.8 Å². The maximum absolute atomic E-state index is 4.62. The van der Waals surface area contributed by atoms with Gasteiger partial charge in [0.05, 0.1) is 22.8 Å². The average Bonchev–Trinajstić information content (AvgIpc) is 3.61. The summed E-state index contributed by atoms with van der Waals surface area (Å²) in [4.78, 5) is 20.3. The van der Waals surface area contributed by atoms with Crippen LogP contribution in [-0.4, -0.2) is 24.9 Å². The van der Waals surface area contributed by atoms with E-state index in [2.05, 4.69) is 76.0 Å². The molecule has 2 aliphatic rings. The molecule has 0 amide bonds. The van der Waals surface area contributed by atoms with E-state index in [0.29, 0.717) is 0 Å². The van der Waals surface area contributed by atoms with Crippen molar-refractivity contribution < 1.29 is 16.8 Å². The fourth-order valence-corrected chi connectivity index (χ4v) is 3.90. The van der Waals surface area contributed by atoms with Crippen LogP contribution >= 0.6 is 0 Å². The molecule has 0 aliphatic carbocycles. The minimum atomic E-state index is 0. The summed E-state index contributed by atoms with van der Waals surface area (Å²) in [6.45, 7) is 8.39. The first-order chi connectivity index (χ1) is 16.4. The summed E-state index contributed by atoms with van der Waals surface area (Å²) in [5, 5.41) is 0. The van der Waals surface area contributed by atoms with Crippen molar-refractivity contribution in [3.8, 4) is 0 Å². The smallest absolute Gasteiger partial charge is 0.0659 e. The van der Waals surface area contributed by atoms with E-state index in [0.717, 1.165) is 50.5 Å². The third-order valence-electron chi connectivity index (χ3n) is 6.19. The molecule has 2 N–H and O–H groups in total. The van der Waals surface area contributed by atoms with Crippen molar-refractivity contribution >= 4 is 46.4 Å². The molecule has 0 spiro atoms. The summed E-state index contributed by atoms with van der Waals surface area (Å²) in [6, 6.07) is 16.4. The Bertz CT molecular complexity index is 1490. The number of hydrogen-bond acceptors (Lipinski definition) is 3. The van der Waals surface area contributed by atoms with Crippen LogP contribution in [0.2, 0.25) is 0 Å². The molecule has 0 unspecified atom stereocenters. The van der Waals surface area contributed by atoms with Gasteiger partial charge in [-0.15, -0.1) is 0 Å². The van der Waals surface area contributed by atoms with Gasteiger partial charge in [-0.25, -0.2) is 9.97 Å². The first-order valence-corrected chi connectivity index (χ1v) is 11.4. The second kappa shape index (κ2) is 10.3. The van der Waals surface area contributed by atoms with Gasteiger partial charge >= 0.3 is 0 Å². The van der Waals surface area contributed by atoms with Gasteiger partial charge in [0.1, 0.15) is 0 Å². The van der Waals surface area contributed by atoms with E-state index < -0.39 is 0 Å². The van der Waals surface area contributed by atoms with Crippen LogP contribution in [0.5, 0.6) is 0 Å². The van der Waals surface area contributed by atoms with E-state index in [1.54, 1.807) is 0 Å². The van der Waals surface area contributed by atoms with Gasteiger partial charge in [-0.2, -0.15) is 0 Å². The number of hydrogen-bond donors (Lipinski definition) is 2. The van der Waals surface area contributed by atoms with Crippen LogP contribution in [0.15, 0.2) is 54.7 Å². The van der Waals surface area contributed by atoms with Crippen molar-refractivity contribution in [2.24, 2.45) is 0 Å². The number of aromatic amines is 2. The number of pyridine rings is 1. The Labute approximate surface area is 215 Å². The number of H-pyrrole nitrogens is 2. The van der Waals surface area contributed by atoms with Gasteiger partial charge in [0.2, 0.25) is 0 Å². The summed E-state index contributed by atoms with van der Waals surface area (Å²) < 4.78 is 0. The Balaban J connectivity index is 0.000000224. The summed E-state index contributed by atoms with van der Waals surface area (Å²) in [7, 11) is 0. The zero-order valence-corrected chi connectivity index (χ0v) is 21.2. The van der Waals surface area contributed by atoms with Gasteiger partial charge < -0.3 is 9.97 Å². The molecule has 6 heteroatoms. The molecule has 177 valence electrons. The Morgan fingerprint density at radius 1 is 0.543 bits per heavy atom. The quantitative estimate of drug-likeness (QED) is 0.235. The largest absolute Gasteiger partial charge is 0.355 e. The third kappa shape index (κ3) is 5.67. The molecular weight excluding hydrogens is 477 g/mol. The van der Waals surface area contributed by atoms with Crippen LogP contribution in [0, 0.1) is 27.7 Å². The van der Waals surface area contributed by atoms with E-state index in [1.807, 2.05) is 55.6 Å². The molecule has 1 radical (unpaired) electrons. The molecule has 0 atom stereocenters. The zero-order valence-electron chi connectivity index (χ0n) is 20.2. The monoisotopic (exact) mass is 504 g/mol. The first-order valence-electron chi connectivity index (χ1n) is 11.4. The van der Waals surface area contributed by atoms with E-state index in [9.17, 15) is 0 Å². The SMILES string of the molecule is C1=Cc2cc3ccc(cc4ccc(cc5nc(cc1n2)C=C5)[nH]4)[nH]3.Cc1cnc(C)c(C)c1C.[Co]. The van der Waals surface area contributed by atoms with Gasteiger partial charge in [-0.3, -0.25) is 4.98 Å². The van der Waals surface area contributed by atoms with Crippen molar-refractivity contribution in [2.45, 2.75) is 27.7 Å². The molecule has 35 heavy (non-hydrogen) atoms. The van der Waals surface area contributed by atoms with E-state index >= 15 is 0 Å². The fraction of sp³-hybridized carbons (Fsp3) is 0.138. The van der Waals surface area contributed by atoms with Crippen molar-refractivity contribution in [1.82, 2.24) is 24.9 Å². The van der Waals surface area contributed by atoms with Crippen LogP contribution in [0.4, 0.5) is 0 Å². The Morgan fingerprint density at radius 3 is 1.43 bits per heavy atom. The van der Waals surface area contributed by atoms with Gasteiger partial charge in [0.25, 0.3) is 0 Å². The number of fused-ring (bicyclic) bond motifs is 8. The molecule has 8 bridgehead atoms. The number of nitrogens with zero attached hydrogens (tertiary/aromatic N) is 3. The van der Waals surface area contributed by atoms with Crippen LogP contribution < -0.4 is 0 Å². The van der Waals surface area contributed by atoms with Crippen LogP contribution in [-0.2, 0) is 16.8 Å². The molecule has 5 nitrogen and oxygen atoms in total. The standard InChI is InChI=1S/C20H14N4.C9H13N.Co/c1-2-14-10-16-5-6-18(23-16)12-20-8-7-19(24-20)11-17-4-3-15(22-17)9-13(1)21-14;1-6-5-10-9(4)8(3)7(6)2;/h1-12,21-22H;5H,1-4H3;. The molecule has 0 aromatic carbocycles. The summed E-state index contributed by atoms with van der Waals surface area (Å²) in [5.41, 5.74) is 13.0. The Kier molecular flexibility index (Phi) is 7.14. The maximum Gasteiger partial charge on any atom is 0.0659 e. The normalized spacial score (nSPS) is 11.5. The summed E-state index contributed by atoms with van der Waals surface area (Å²) >= 11 is 0. The minimum Gasteiger partial charge on any atom is -0.355 e. The topological polar surface area (TPSA) is 70.2 Å². The summed E-state index contributed by atoms with van der Waals surface area (Å²) in [6.07, 6.45) is 9.98. The zero-order chi connectivity index (χ0) is 23.7. The molecule has 2 aliphatic heterocycles. The molecule has 6 heterocycles. The molecule has 6 rings (SSSR count). The molecule has 0 fully saturated rings. The van der Waals surface area contributed by atoms with Crippen LogP contribution in [0.1, 0.15) is 45.2 Å². The second-order valence-electron chi connectivity index (χ2n) is 8.68. The molecule has 4 aromatic rings. The summed E-state index contributed by atoms with van der Waals surface area (Å²) in [5.74, 6) is 0. The molecular formula is C29H27CoN5. The third-order valence-corrected chi connectivity index (χ3v) is 6.19. The minimum absolute atomic E-state index is 0. The molecule has 0 saturated carbocycles. The van der Waals surface area contributed by atoms with Crippen molar-refractivity contribution in [3.63, 3.8) is 0 Å². The molecule has 0 saturated heterocycles. The van der Waals surface area contributed by atoms with Crippen LogP contribution in [0.25, 0.3) is 46.4 Å². The number of aryl methyl sites for hydroxylation is 2. The van der Waals surface area contributed by atoms with Crippen molar-refractivity contribution in [2.75, 3.05) is 0 Å². The van der Waals surface area contributed by atoms with Gasteiger partial charge in [-0.05, 0) is 117 Å². The fourth-order valence-electron chi connectivity index (χ4n) is 3.90.